The van der Waals surface area contributed by atoms with E-state index < -0.39 is 6.09 Å². The molecule has 98 valence electrons. The van der Waals surface area contributed by atoms with E-state index in [2.05, 4.69) is 11.4 Å². The molecule has 0 aromatic heterocycles. The number of carbonyl (C=O) groups excluding carboxylic acids is 1. The largest absolute Gasteiger partial charge is 0.487 e. The van der Waals surface area contributed by atoms with Crippen LogP contribution in [0, 0.1) is 0 Å². The molecule has 2 rings (SSSR count). The summed E-state index contributed by atoms with van der Waals surface area (Å²) in [5.74, 6) is 0.889. The summed E-state index contributed by atoms with van der Waals surface area (Å²) in [4.78, 5) is 11.2. The summed E-state index contributed by atoms with van der Waals surface area (Å²) in [6, 6.07) is 7.94. The molecule has 0 saturated carbocycles. The van der Waals surface area contributed by atoms with E-state index in [0.717, 1.165) is 18.6 Å². The van der Waals surface area contributed by atoms with Crippen LogP contribution in [0.5, 0.6) is 5.75 Å². The molecule has 1 atom stereocenters. The van der Waals surface area contributed by atoms with Gasteiger partial charge in [-0.1, -0.05) is 18.2 Å². The Kier molecular flexibility index (Phi) is 4.41. The van der Waals surface area contributed by atoms with Crippen LogP contribution >= 0.6 is 0 Å². The molecular formula is C13H18N2O3. The van der Waals surface area contributed by atoms with Gasteiger partial charge in [0.15, 0.2) is 0 Å². The minimum absolute atomic E-state index is 0.0662. The normalized spacial score (nSPS) is 17.5. The second kappa shape index (κ2) is 6.26. The molecule has 1 aromatic carbocycles. The van der Waals surface area contributed by atoms with Crippen LogP contribution in [-0.4, -0.2) is 31.9 Å². The Morgan fingerprint density at radius 2 is 2.33 bits per heavy atom. The molecule has 5 heteroatoms. The smallest absolute Gasteiger partial charge is 0.407 e. The number of rotatable bonds is 4. The number of para-hydroxylation sites is 1. The fourth-order valence-electron chi connectivity index (χ4n) is 1.89. The van der Waals surface area contributed by atoms with Crippen molar-refractivity contribution in [2.45, 2.75) is 18.9 Å². The summed E-state index contributed by atoms with van der Waals surface area (Å²) in [5.41, 5.74) is 6.48. The van der Waals surface area contributed by atoms with Gasteiger partial charge in [0.25, 0.3) is 0 Å². The van der Waals surface area contributed by atoms with E-state index in [0.29, 0.717) is 13.1 Å². The maximum Gasteiger partial charge on any atom is 0.407 e. The maximum absolute atomic E-state index is 11.2. The maximum atomic E-state index is 11.2. The molecule has 5 nitrogen and oxygen atoms in total. The Morgan fingerprint density at radius 1 is 1.50 bits per heavy atom. The molecule has 18 heavy (non-hydrogen) atoms. The first kappa shape index (κ1) is 12.7. The average Bonchev–Trinajstić information content (AvgIpc) is 2.42. The first-order chi connectivity index (χ1) is 8.79. The Labute approximate surface area is 106 Å². The highest BCUT2D eigenvalue weighted by Crippen LogP contribution is 2.26. The molecule has 0 bridgehead atoms. The van der Waals surface area contributed by atoms with Crippen molar-refractivity contribution in [2.75, 3.05) is 19.7 Å². The summed E-state index contributed by atoms with van der Waals surface area (Å²) in [7, 11) is 0. The molecule has 1 aliphatic heterocycles. The third-order valence-electron chi connectivity index (χ3n) is 2.82. The van der Waals surface area contributed by atoms with E-state index in [-0.39, 0.29) is 12.7 Å². The van der Waals surface area contributed by atoms with Crippen LogP contribution in [0.25, 0.3) is 0 Å². The minimum atomic E-state index is -0.442. The average molecular weight is 250 g/mol. The van der Waals surface area contributed by atoms with Crippen molar-refractivity contribution in [1.29, 1.82) is 0 Å². The van der Waals surface area contributed by atoms with Crippen LogP contribution in [0.15, 0.2) is 24.3 Å². The molecule has 3 N–H and O–H groups in total. The Morgan fingerprint density at radius 3 is 3.17 bits per heavy atom. The highest BCUT2D eigenvalue weighted by atomic mass is 16.6. The van der Waals surface area contributed by atoms with Crippen molar-refractivity contribution < 1.29 is 14.3 Å². The van der Waals surface area contributed by atoms with E-state index in [1.807, 2.05) is 18.2 Å². The third kappa shape index (κ3) is 3.37. The first-order valence-electron chi connectivity index (χ1n) is 6.15. The first-order valence-corrected chi connectivity index (χ1v) is 6.15. The lowest BCUT2D eigenvalue weighted by Gasteiger charge is -2.25. The van der Waals surface area contributed by atoms with Gasteiger partial charge >= 0.3 is 6.09 Å². The summed E-state index contributed by atoms with van der Waals surface area (Å²) in [5, 5.41) is 2.55. The predicted molar refractivity (Wildman–Crippen MR) is 67.6 cm³/mol. The van der Waals surface area contributed by atoms with E-state index in [1.54, 1.807) is 0 Å². The van der Waals surface area contributed by atoms with Crippen LogP contribution < -0.4 is 15.8 Å². The van der Waals surface area contributed by atoms with Gasteiger partial charge in [0.05, 0.1) is 0 Å². The second-order valence-electron chi connectivity index (χ2n) is 4.20. The zero-order valence-corrected chi connectivity index (χ0v) is 10.2. The number of fused-ring (bicyclic) bond motifs is 1. The van der Waals surface area contributed by atoms with Crippen LogP contribution in [0.1, 0.15) is 12.0 Å². The van der Waals surface area contributed by atoms with Crippen LogP contribution in [0.4, 0.5) is 4.79 Å². The van der Waals surface area contributed by atoms with Gasteiger partial charge in [-0.3, -0.25) is 0 Å². The van der Waals surface area contributed by atoms with Crippen molar-refractivity contribution >= 4 is 6.09 Å². The molecule has 0 saturated heterocycles. The molecule has 0 aliphatic carbocycles. The molecule has 1 aromatic rings. The predicted octanol–water partition coefficient (Wildman–Crippen LogP) is 1.07. The number of nitrogens with one attached hydrogen (secondary N) is 1. The van der Waals surface area contributed by atoms with Gasteiger partial charge in [0.2, 0.25) is 0 Å². The molecule has 1 aliphatic rings. The lowest BCUT2D eigenvalue weighted by atomic mass is 10.0. The highest BCUT2D eigenvalue weighted by molar-refractivity contribution is 5.67. The van der Waals surface area contributed by atoms with Crippen LogP contribution in [0.3, 0.4) is 0 Å². The number of alkyl carbamates (subject to hydrolysis) is 1. The van der Waals surface area contributed by atoms with Crippen molar-refractivity contribution in [3.8, 4) is 5.75 Å². The topological polar surface area (TPSA) is 73.6 Å². The number of hydrogen-bond acceptors (Lipinski definition) is 4. The number of aryl methyl sites for hydroxylation is 1. The quantitative estimate of drug-likeness (QED) is 0.838. The Bertz CT molecular complexity index is 409. The summed E-state index contributed by atoms with van der Waals surface area (Å²) >= 11 is 0. The highest BCUT2D eigenvalue weighted by Gasteiger charge is 2.20. The Balaban J connectivity index is 1.78. The fourth-order valence-corrected chi connectivity index (χ4v) is 1.89. The lowest BCUT2D eigenvalue weighted by Crippen LogP contribution is -2.34. The molecule has 1 heterocycles. The SMILES string of the molecule is NCCNC(=O)OCC1CCc2ccccc2O1. The number of hydrogen-bond donors (Lipinski definition) is 2. The molecule has 0 spiro atoms. The van der Waals surface area contributed by atoms with E-state index in [1.165, 1.54) is 5.56 Å². The van der Waals surface area contributed by atoms with Crippen molar-refractivity contribution in [3.63, 3.8) is 0 Å². The van der Waals surface area contributed by atoms with Crippen LogP contribution in [0.2, 0.25) is 0 Å². The van der Waals surface area contributed by atoms with Gasteiger partial charge in [0, 0.05) is 13.1 Å². The zero-order valence-electron chi connectivity index (χ0n) is 10.2. The standard InChI is InChI=1S/C13H18N2O3/c14-7-8-15-13(16)17-9-11-6-5-10-3-1-2-4-12(10)18-11/h1-4,11H,5-9,14H2,(H,15,16). The van der Waals surface area contributed by atoms with Gasteiger partial charge in [-0.25, -0.2) is 4.79 Å². The second-order valence-corrected chi connectivity index (χ2v) is 4.20. The monoisotopic (exact) mass is 250 g/mol. The van der Waals surface area contributed by atoms with Gasteiger partial charge in [0.1, 0.15) is 18.5 Å². The third-order valence-corrected chi connectivity index (χ3v) is 2.82. The van der Waals surface area contributed by atoms with Gasteiger partial charge in [-0.15, -0.1) is 0 Å². The summed E-state index contributed by atoms with van der Waals surface area (Å²) in [6.07, 6.45) is 1.31. The number of ether oxygens (including phenoxy) is 2. The lowest BCUT2D eigenvalue weighted by molar-refractivity contribution is 0.0710. The van der Waals surface area contributed by atoms with Crippen molar-refractivity contribution in [2.24, 2.45) is 5.73 Å². The molecule has 1 amide bonds. The zero-order chi connectivity index (χ0) is 12.8. The molecule has 0 radical (unpaired) electrons. The van der Waals surface area contributed by atoms with Gasteiger partial charge < -0.3 is 20.5 Å². The van der Waals surface area contributed by atoms with Crippen LogP contribution in [-0.2, 0) is 11.2 Å². The van der Waals surface area contributed by atoms with Crippen molar-refractivity contribution in [3.05, 3.63) is 29.8 Å². The van der Waals surface area contributed by atoms with E-state index >= 15 is 0 Å². The Hall–Kier alpha value is -1.75. The number of benzene rings is 1. The van der Waals surface area contributed by atoms with Gasteiger partial charge in [-0.05, 0) is 24.5 Å². The number of nitrogens with two attached hydrogens (primary N) is 1. The van der Waals surface area contributed by atoms with Crippen molar-refractivity contribution in [1.82, 2.24) is 5.32 Å². The van der Waals surface area contributed by atoms with E-state index in [9.17, 15) is 4.79 Å². The van der Waals surface area contributed by atoms with E-state index in [4.69, 9.17) is 15.2 Å². The number of carbonyl (C=O) groups is 1. The molecule has 1 unspecified atom stereocenters. The molecular weight excluding hydrogens is 232 g/mol. The number of amides is 1. The fraction of sp³-hybridized carbons (Fsp3) is 0.462. The van der Waals surface area contributed by atoms with Gasteiger partial charge in [-0.2, -0.15) is 0 Å². The summed E-state index contributed by atoms with van der Waals surface area (Å²) < 4.78 is 10.8. The minimum Gasteiger partial charge on any atom is -0.487 e. The molecule has 0 fully saturated rings. The summed E-state index contributed by atoms with van der Waals surface area (Å²) in [6.45, 7) is 1.10.